The molecule has 6 nitrogen and oxygen atoms in total. The number of aryl methyl sites for hydroxylation is 3. The minimum Gasteiger partial charge on any atom is -0.306 e. The summed E-state index contributed by atoms with van der Waals surface area (Å²) < 4.78 is 1.70. The third-order valence-corrected chi connectivity index (χ3v) is 2.51. The van der Waals surface area contributed by atoms with Gasteiger partial charge in [-0.1, -0.05) is 0 Å². The number of aromatic amines is 1. The van der Waals surface area contributed by atoms with Gasteiger partial charge in [0.05, 0.1) is 12.2 Å². The van der Waals surface area contributed by atoms with Crippen molar-refractivity contribution in [3.63, 3.8) is 0 Å². The molecule has 2 aromatic rings. The molecule has 2 N–H and O–H groups in total. The highest BCUT2D eigenvalue weighted by Gasteiger charge is 2.05. The van der Waals surface area contributed by atoms with Crippen LogP contribution in [0.5, 0.6) is 0 Å². The molecule has 0 unspecified atom stereocenters. The maximum Gasteiger partial charge on any atom is 0.164 e. The molecule has 0 aliphatic heterocycles. The fraction of sp³-hybridized carbons (Fsp3) is 0.500. The molecule has 2 rings (SSSR count). The van der Waals surface area contributed by atoms with Crippen molar-refractivity contribution in [2.24, 2.45) is 7.05 Å². The first kappa shape index (κ1) is 10.8. The van der Waals surface area contributed by atoms with Crippen molar-refractivity contribution in [1.29, 1.82) is 0 Å². The van der Waals surface area contributed by atoms with Crippen molar-refractivity contribution in [3.05, 3.63) is 29.1 Å². The summed E-state index contributed by atoms with van der Waals surface area (Å²) in [4.78, 5) is 4.15. The van der Waals surface area contributed by atoms with E-state index < -0.39 is 0 Å². The van der Waals surface area contributed by atoms with Gasteiger partial charge in [0.25, 0.3) is 0 Å². The van der Waals surface area contributed by atoms with E-state index in [-0.39, 0.29) is 0 Å². The first-order chi connectivity index (χ1) is 7.66. The number of hydrogen-bond acceptors (Lipinski definition) is 4. The molecule has 0 aliphatic rings. The van der Waals surface area contributed by atoms with Crippen LogP contribution in [0.15, 0.2) is 6.33 Å². The summed E-state index contributed by atoms with van der Waals surface area (Å²) in [7, 11) is 1.86. The maximum atomic E-state index is 4.19. The zero-order valence-electron chi connectivity index (χ0n) is 9.78. The summed E-state index contributed by atoms with van der Waals surface area (Å²) >= 11 is 0. The van der Waals surface area contributed by atoms with Gasteiger partial charge in [-0.05, 0) is 13.8 Å². The van der Waals surface area contributed by atoms with Crippen LogP contribution >= 0.6 is 0 Å². The molecular formula is C10H16N6. The number of nitrogens with zero attached hydrogens (tertiary/aromatic N) is 4. The predicted molar refractivity (Wildman–Crippen MR) is 59.6 cm³/mol. The molecule has 0 fully saturated rings. The van der Waals surface area contributed by atoms with Gasteiger partial charge in [0.1, 0.15) is 6.33 Å². The zero-order valence-corrected chi connectivity index (χ0v) is 9.78. The Kier molecular flexibility index (Phi) is 3.00. The average molecular weight is 220 g/mol. The molecule has 0 aliphatic carbocycles. The van der Waals surface area contributed by atoms with Gasteiger partial charge in [-0.2, -0.15) is 10.2 Å². The molecule has 0 amide bonds. The molecule has 0 saturated carbocycles. The Morgan fingerprint density at radius 1 is 1.38 bits per heavy atom. The van der Waals surface area contributed by atoms with Crippen molar-refractivity contribution in [3.8, 4) is 0 Å². The molecule has 0 bridgehead atoms. The molecule has 0 aromatic carbocycles. The second kappa shape index (κ2) is 4.44. The SMILES string of the molecule is Cc1n[nH]c(C)c1CNCc1ncn(C)n1. The number of nitrogens with one attached hydrogen (secondary N) is 2. The lowest BCUT2D eigenvalue weighted by Gasteiger charge is -2.02. The Balaban J connectivity index is 1.89. The van der Waals surface area contributed by atoms with Gasteiger partial charge in [0, 0.05) is 24.8 Å². The van der Waals surface area contributed by atoms with Crippen LogP contribution in [-0.4, -0.2) is 25.0 Å². The molecule has 0 radical (unpaired) electrons. The van der Waals surface area contributed by atoms with E-state index >= 15 is 0 Å². The topological polar surface area (TPSA) is 71.4 Å². The van der Waals surface area contributed by atoms with Crippen LogP contribution < -0.4 is 5.32 Å². The fourth-order valence-corrected chi connectivity index (χ4v) is 1.60. The molecule has 6 heteroatoms. The molecule has 2 aromatic heterocycles. The lowest BCUT2D eigenvalue weighted by molar-refractivity contribution is 0.646. The number of hydrogen-bond donors (Lipinski definition) is 2. The average Bonchev–Trinajstić information content (AvgIpc) is 2.78. The van der Waals surface area contributed by atoms with E-state index in [1.807, 2.05) is 20.9 Å². The van der Waals surface area contributed by atoms with E-state index in [0.29, 0.717) is 6.54 Å². The molecule has 16 heavy (non-hydrogen) atoms. The van der Waals surface area contributed by atoms with Crippen LogP contribution in [0, 0.1) is 13.8 Å². The van der Waals surface area contributed by atoms with E-state index in [1.165, 1.54) is 5.56 Å². The van der Waals surface area contributed by atoms with Gasteiger partial charge in [0.2, 0.25) is 0 Å². The van der Waals surface area contributed by atoms with E-state index in [2.05, 4.69) is 25.6 Å². The van der Waals surface area contributed by atoms with E-state index in [4.69, 9.17) is 0 Å². The quantitative estimate of drug-likeness (QED) is 0.784. The monoisotopic (exact) mass is 220 g/mol. The normalized spacial score (nSPS) is 10.9. The molecule has 86 valence electrons. The van der Waals surface area contributed by atoms with Crippen molar-refractivity contribution >= 4 is 0 Å². The van der Waals surface area contributed by atoms with Crippen molar-refractivity contribution in [1.82, 2.24) is 30.3 Å². The van der Waals surface area contributed by atoms with Gasteiger partial charge in [-0.25, -0.2) is 4.98 Å². The fourth-order valence-electron chi connectivity index (χ4n) is 1.60. The Bertz CT molecular complexity index is 450. The Hall–Kier alpha value is -1.69. The van der Waals surface area contributed by atoms with E-state index in [1.54, 1.807) is 11.0 Å². The van der Waals surface area contributed by atoms with Crippen molar-refractivity contribution in [2.45, 2.75) is 26.9 Å². The molecule has 0 saturated heterocycles. The number of H-pyrrole nitrogens is 1. The highest BCUT2D eigenvalue weighted by atomic mass is 15.3. The predicted octanol–water partition coefficient (Wildman–Crippen LogP) is 0.445. The maximum absolute atomic E-state index is 4.19. The Morgan fingerprint density at radius 3 is 2.75 bits per heavy atom. The first-order valence-electron chi connectivity index (χ1n) is 5.22. The number of aromatic nitrogens is 5. The van der Waals surface area contributed by atoms with Crippen molar-refractivity contribution in [2.75, 3.05) is 0 Å². The number of rotatable bonds is 4. The summed E-state index contributed by atoms with van der Waals surface area (Å²) in [6.07, 6.45) is 1.70. The Morgan fingerprint density at radius 2 is 2.19 bits per heavy atom. The third-order valence-electron chi connectivity index (χ3n) is 2.51. The van der Waals surface area contributed by atoms with Crippen LogP contribution in [0.25, 0.3) is 0 Å². The lowest BCUT2D eigenvalue weighted by atomic mass is 10.2. The summed E-state index contributed by atoms with van der Waals surface area (Å²) in [5.74, 6) is 0.807. The van der Waals surface area contributed by atoms with E-state index in [0.717, 1.165) is 23.8 Å². The second-order valence-corrected chi connectivity index (χ2v) is 3.85. The molecule has 0 spiro atoms. The second-order valence-electron chi connectivity index (χ2n) is 3.85. The minimum atomic E-state index is 0.672. The van der Waals surface area contributed by atoms with Gasteiger partial charge in [-0.15, -0.1) is 0 Å². The van der Waals surface area contributed by atoms with Crippen LogP contribution in [0.3, 0.4) is 0 Å². The van der Waals surface area contributed by atoms with Gasteiger partial charge in [0.15, 0.2) is 5.82 Å². The first-order valence-corrected chi connectivity index (χ1v) is 5.22. The van der Waals surface area contributed by atoms with Gasteiger partial charge < -0.3 is 5.32 Å². The summed E-state index contributed by atoms with van der Waals surface area (Å²) in [6.45, 7) is 5.48. The summed E-state index contributed by atoms with van der Waals surface area (Å²) in [5, 5.41) is 14.6. The van der Waals surface area contributed by atoms with E-state index in [9.17, 15) is 0 Å². The zero-order chi connectivity index (χ0) is 11.5. The smallest absolute Gasteiger partial charge is 0.164 e. The molecule has 0 atom stereocenters. The van der Waals surface area contributed by atoms with Crippen LogP contribution in [0.4, 0.5) is 0 Å². The highest BCUT2D eigenvalue weighted by molar-refractivity contribution is 5.22. The van der Waals surface area contributed by atoms with Gasteiger partial charge in [-0.3, -0.25) is 9.78 Å². The largest absolute Gasteiger partial charge is 0.306 e. The minimum absolute atomic E-state index is 0.672. The van der Waals surface area contributed by atoms with Crippen molar-refractivity contribution < 1.29 is 0 Å². The van der Waals surface area contributed by atoms with Crippen LogP contribution in [0.2, 0.25) is 0 Å². The standard InChI is InChI=1S/C10H16N6/c1-7-9(8(2)14-13-7)4-11-5-10-12-6-16(3)15-10/h6,11H,4-5H2,1-3H3,(H,13,14). The summed E-state index contributed by atoms with van der Waals surface area (Å²) in [5.41, 5.74) is 3.37. The third kappa shape index (κ3) is 2.27. The summed E-state index contributed by atoms with van der Waals surface area (Å²) in [6, 6.07) is 0. The van der Waals surface area contributed by atoms with Crippen LogP contribution in [0.1, 0.15) is 22.8 Å². The van der Waals surface area contributed by atoms with Crippen LogP contribution in [-0.2, 0) is 20.1 Å². The highest BCUT2D eigenvalue weighted by Crippen LogP contribution is 2.08. The molecule has 2 heterocycles. The Labute approximate surface area is 94.1 Å². The molecular weight excluding hydrogens is 204 g/mol. The lowest BCUT2D eigenvalue weighted by Crippen LogP contribution is -2.15. The van der Waals surface area contributed by atoms with Gasteiger partial charge >= 0.3 is 0 Å².